The first kappa shape index (κ1) is 14.0. The van der Waals surface area contributed by atoms with Crippen LogP contribution in [0.5, 0.6) is 0 Å². The zero-order chi connectivity index (χ0) is 14.2. The maximum absolute atomic E-state index is 11.4. The van der Waals surface area contributed by atoms with Crippen LogP contribution < -0.4 is 10.6 Å². The maximum atomic E-state index is 11.4. The standard InChI is InChI=1S/C13H17ClN2O3/c1-7-2-3-16(11(7)6-17)12-9(13(18)19)4-8(15)5-10(12)14/h4-5,7,11,17H,2-3,6,15H2,1H3,(H,18,19). The van der Waals surface area contributed by atoms with Crippen LogP contribution in [0.15, 0.2) is 12.1 Å². The largest absolute Gasteiger partial charge is 0.478 e. The first-order valence-electron chi connectivity index (χ1n) is 6.15. The van der Waals surface area contributed by atoms with E-state index in [-0.39, 0.29) is 18.2 Å². The van der Waals surface area contributed by atoms with Gasteiger partial charge in [0.2, 0.25) is 0 Å². The minimum absolute atomic E-state index is 0.0269. The Hall–Kier alpha value is -1.46. The summed E-state index contributed by atoms with van der Waals surface area (Å²) in [5, 5.41) is 19.1. The van der Waals surface area contributed by atoms with E-state index >= 15 is 0 Å². The van der Waals surface area contributed by atoms with E-state index in [4.69, 9.17) is 17.3 Å². The molecular formula is C13H17ClN2O3. The lowest BCUT2D eigenvalue weighted by Gasteiger charge is -2.29. The van der Waals surface area contributed by atoms with Crippen LogP contribution in [-0.2, 0) is 0 Å². The molecule has 6 heteroatoms. The van der Waals surface area contributed by atoms with Crippen LogP contribution in [0, 0.1) is 5.92 Å². The fourth-order valence-electron chi connectivity index (χ4n) is 2.64. The average molecular weight is 285 g/mol. The number of rotatable bonds is 3. The molecule has 1 fully saturated rings. The number of hydrogen-bond acceptors (Lipinski definition) is 4. The highest BCUT2D eigenvalue weighted by Crippen LogP contribution is 2.38. The fraction of sp³-hybridized carbons (Fsp3) is 0.462. The molecule has 0 saturated carbocycles. The molecule has 104 valence electrons. The third kappa shape index (κ3) is 2.48. The van der Waals surface area contributed by atoms with E-state index in [1.807, 2.05) is 11.8 Å². The quantitative estimate of drug-likeness (QED) is 0.737. The van der Waals surface area contributed by atoms with Crippen molar-refractivity contribution in [2.24, 2.45) is 5.92 Å². The van der Waals surface area contributed by atoms with Gasteiger partial charge in [-0.15, -0.1) is 0 Å². The van der Waals surface area contributed by atoms with E-state index in [9.17, 15) is 15.0 Å². The molecule has 0 radical (unpaired) electrons. The Morgan fingerprint density at radius 3 is 2.84 bits per heavy atom. The normalized spacial score (nSPS) is 22.8. The lowest BCUT2D eigenvalue weighted by atomic mass is 10.0. The summed E-state index contributed by atoms with van der Waals surface area (Å²) in [6.07, 6.45) is 0.894. The van der Waals surface area contributed by atoms with Crippen LogP contribution in [0.3, 0.4) is 0 Å². The van der Waals surface area contributed by atoms with Crippen LogP contribution in [0.4, 0.5) is 11.4 Å². The number of hydrogen-bond donors (Lipinski definition) is 3. The molecule has 0 spiro atoms. The summed E-state index contributed by atoms with van der Waals surface area (Å²) in [4.78, 5) is 13.2. The van der Waals surface area contributed by atoms with Crippen molar-refractivity contribution in [2.75, 3.05) is 23.8 Å². The number of nitrogen functional groups attached to an aromatic ring is 1. The predicted octanol–water partition coefficient (Wildman–Crippen LogP) is 1.83. The molecule has 5 nitrogen and oxygen atoms in total. The molecule has 0 bridgehead atoms. The molecule has 1 aromatic carbocycles. The highest BCUT2D eigenvalue weighted by molar-refractivity contribution is 6.34. The number of nitrogens with zero attached hydrogens (tertiary/aromatic N) is 1. The second kappa shape index (κ2) is 5.27. The van der Waals surface area contributed by atoms with Crippen molar-refractivity contribution >= 4 is 28.9 Å². The lowest BCUT2D eigenvalue weighted by Crippen LogP contribution is -2.36. The Morgan fingerprint density at radius 1 is 1.58 bits per heavy atom. The molecule has 2 unspecified atom stereocenters. The number of anilines is 2. The Morgan fingerprint density at radius 2 is 2.26 bits per heavy atom. The van der Waals surface area contributed by atoms with Gasteiger partial charge >= 0.3 is 5.97 Å². The number of benzene rings is 1. The highest BCUT2D eigenvalue weighted by atomic mass is 35.5. The van der Waals surface area contributed by atoms with Crippen LogP contribution in [0.1, 0.15) is 23.7 Å². The molecule has 1 heterocycles. The van der Waals surface area contributed by atoms with Crippen LogP contribution in [-0.4, -0.2) is 35.4 Å². The molecular weight excluding hydrogens is 268 g/mol. The number of aliphatic hydroxyl groups excluding tert-OH is 1. The number of halogens is 1. The summed E-state index contributed by atoms with van der Waals surface area (Å²) < 4.78 is 0. The summed E-state index contributed by atoms with van der Waals surface area (Å²) >= 11 is 6.16. The van der Waals surface area contributed by atoms with Gasteiger partial charge in [0, 0.05) is 12.2 Å². The van der Waals surface area contributed by atoms with Crippen molar-refractivity contribution in [2.45, 2.75) is 19.4 Å². The van der Waals surface area contributed by atoms with Crippen molar-refractivity contribution in [3.8, 4) is 0 Å². The number of carboxylic acids is 1. The summed E-state index contributed by atoms with van der Waals surface area (Å²) in [7, 11) is 0. The fourth-order valence-corrected chi connectivity index (χ4v) is 2.98. The van der Waals surface area contributed by atoms with Crippen LogP contribution >= 0.6 is 11.6 Å². The van der Waals surface area contributed by atoms with Crippen LogP contribution in [0.2, 0.25) is 5.02 Å². The molecule has 0 aromatic heterocycles. The Balaban J connectivity index is 2.52. The molecule has 1 aromatic rings. The summed E-state index contributed by atoms with van der Waals surface area (Å²) in [5.41, 5.74) is 6.49. The van der Waals surface area contributed by atoms with Gasteiger partial charge in [0.15, 0.2) is 0 Å². The van der Waals surface area contributed by atoms with E-state index in [1.165, 1.54) is 6.07 Å². The minimum Gasteiger partial charge on any atom is -0.478 e. The molecule has 1 aliphatic heterocycles. The van der Waals surface area contributed by atoms with Crippen LogP contribution in [0.25, 0.3) is 0 Å². The number of nitrogens with two attached hydrogens (primary N) is 1. The van der Waals surface area contributed by atoms with Gasteiger partial charge in [0.1, 0.15) is 0 Å². The Labute approximate surface area is 116 Å². The smallest absolute Gasteiger partial charge is 0.337 e. The van der Waals surface area contributed by atoms with Gasteiger partial charge in [0.05, 0.1) is 28.9 Å². The Kier molecular flexibility index (Phi) is 3.87. The van der Waals surface area contributed by atoms with Gasteiger partial charge in [0.25, 0.3) is 0 Å². The van der Waals surface area contributed by atoms with E-state index < -0.39 is 5.97 Å². The number of aliphatic hydroxyl groups is 1. The first-order valence-corrected chi connectivity index (χ1v) is 6.53. The predicted molar refractivity (Wildman–Crippen MR) is 74.8 cm³/mol. The number of carboxylic acid groups (broad SMARTS) is 1. The molecule has 2 atom stereocenters. The number of carbonyl (C=O) groups is 1. The van der Waals surface area contributed by atoms with Crippen molar-refractivity contribution in [1.82, 2.24) is 0 Å². The van der Waals surface area contributed by atoms with Gasteiger partial charge in [-0.05, 0) is 24.5 Å². The summed E-state index contributed by atoms with van der Waals surface area (Å²) in [6, 6.07) is 2.83. The molecule has 2 rings (SSSR count). The zero-order valence-electron chi connectivity index (χ0n) is 10.6. The second-order valence-corrected chi connectivity index (χ2v) is 5.32. The van der Waals surface area contributed by atoms with Crippen molar-refractivity contribution < 1.29 is 15.0 Å². The maximum Gasteiger partial charge on any atom is 0.337 e. The van der Waals surface area contributed by atoms with Crippen molar-refractivity contribution in [1.29, 1.82) is 0 Å². The minimum atomic E-state index is -1.07. The van der Waals surface area contributed by atoms with E-state index in [0.29, 0.717) is 28.9 Å². The number of aromatic carboxylic acids is 1. The average Bonchev–Trinajstić information content (AvgIpc) is 2.69. The molecule has 1 aliphatic rings. The van der Waals surface area contributed by atoms with E-state index in [2.05, 4.69) is 0 Å². The van der Waals surface area contributed by atoms with Crippen molar-refractivity contribution in [3.63, 3.8) is 0 Å². The van der Waals surface area contributed by atoms with E-state index in [1.54, 1.807) is 6.07 Å². The van der Waals surface area contributed by atoms with Gasteiger partial charge in [-0.1, -0.05) is 18.5 Å². The summed E-state index contributed by atoms with van der Waals surface area (Å²) in [5.74, 6) is -0.777. The molecule has 4 N–H and O–H groups in total. The first-order chi connectivity index (χ1) is 8.95. The lowest BCUT2D eigenvalue weighted by molar-refractivity contribution is 0.0697. The van der Waals surface area contributed by atoms with Gasteiger partial charge in [-0.3, -0.25) is 0 Å². The molecule has 0 amide bonds. The highest BCUT2D eigenvalue weighted by Gasteiger charge is 2.34. The van der Waals surface area contributed by atoms with Gasteiger partial charge in [-0.2, -0.15) is 0 Å². The third-order valence-corrected chi connectivity index (χ3v) is 3.96. The topological polar surface area (TPSA) is 86.8 Å². The van der Waals surface area contributed by atoms with Gasteiger partial charge in [-0.25, -0.2) is 4.79 Å². The van der Waals surface area contributed by atoms with Crippen molar-refractivity contribution in [3.05, 3.63) is 22.7 Å². The Bertz CT molecular complexity index is 507. The third-order valence-electron chi connectivity index (χ3n) is 3.67. The monoisotopic (exact) mass is 284 g/mol. The second-order valence-electron chi connectivity index (χ2n) is 4.91. The molecule has 0 aliphatic carbocycles. The van der Waals surface area contributed by atoms with E-state index in [0.717, 1.165) is 6.42 Å². The SMILES string of the molecule is CC1CCN(c2c(Cl)cc(N)cc2C(=O)O)C1CO. The zero-order valence-corrected chi connectivity index (χ0v) is 11.4. The van der Waals surface area contributed by atoms with Gasteiger partial charge < -0.3 is 20.8 Å². The molecule has 19 heavy (non-hydrogen) atoms. The molecule has 1 saturated heterocycles. The summed E-state index contributed by atoms with van der Waals surface area (Å²) in [6.45, 7) is 2.68.